The van der Waals surface area contributed by atoms with Gasteiger partial charge in [0.1, 0.15) is 0 Å². The second-order valence-corrected chi connectivity index (χ2v) is 4.62. The number of benzene rings is 1. The monoisotopic (exact) mass is 203 g/mol. The van der Waals surface area contributed by atoms with Crippen LogP contribution in [-0.4, -0.2) is 26.2 Å². The molecular weight excluding hydrogens is 186 g/mol. The van der Waals surface area contributed by atoms with Gasteiger partial charge in [-0.25, -0.2) is 0 Å². The number of fused-ring (bicyclic) bond motifs is 3. The van der Waals surface area contributed by atoms with Crippen LogP contribution in [0.5, 0.6) is 0 Å². The Morgan fingerprint density at radius 2 is 2.20 bits per heavy atom. The lowest BCUT2D eigenvalue weighted by Gasteiger charge is -2.39. The Morgan fingerprint density at radius 3 is 3.07 bits per heavy atom. The van der Waals surface area contributed by atoms with Gasteiger partial charge in [-0.1, -0.05) is 0 Å². The van der Waals surface area contributed by atoms with Crippen LogP contribution in [0.2, 0.25) is 0 Å². The van der Waals surface area contributed by atoms with E-state index in [-0.39, 0.29) is 0 Å². The summed E-state index contributed by atoms with van der Waals surface area (Å²) in [5.74, 6) is 0. The predicted octanol–water partition coefficient (Wildman–Crippen LogP) is 1.69. The fraction of sp³-hybridized carbons (Fsp3) is 0.500. The number of nitrogens with two attached hydrogens (primary N) is 1. The lowest BCUT2D eigenvalue weighted by Crippen LogP contribution is -2.44. The maximum absolute atomic E-state index is 5.86. The van der Waals surface area contributed by atoms with Gasteiger partial charge in [0, 0.05) is 31.9 Å². The van der Waals surface area contributed by atoms with Gasteiger partial charge >= 0.3 is 0 Å². The van der Waals surface area contributed by atoms with E-state index in [9.17, 15) is 0 Å². The minimum atomic E-state index is 0.698. The quantitative estimate of drug-likeness (QED) is 0.651. The molecule has 0 aromatic heterocycles. The van der Waals surface area contributed by atoms with Crippen molar-refractivity contribution in [2.75, 3.05) is 35.7 Å². The molecule has 0 bridgehead atoms. The topological polar surface area (TPSA) is 32.5 Å². The van der Waals surface area contributed by atoms with Crippen molar-refractivity contribution in [3.05, 3.63) is 18.2 Å². The zero-order chi connectivity index (χ0) is 10.4. The van der Waals surface area contributed by atoms with Crippen molar-refractivity contribution in [1.82, 2.24) is 0 Å². The van der Waals surface area contributed by atoms with Gasteiger partial charge in [0.15, 0.2) is 0 Å². The normalized spacial score (nSPS) is 23.9. The SMILES string of the molecule is CN1CC2CCCN2c2cc(N)ccc21. The number of nitrogens with zero attached hydrogens (tertiary/aromatic N) is 2. The molecule has 15 heavy (non-hydrogen) atoms. The molecule has 1 fully saturated rings. The average Bonchev–Trinajstić information content (AvgIpc) is 2.65. The lowest BCUT2D eigenvalue weighted by atomic mass is 10.1. The van der Waals surface area contributed by atoms with Crippen LogP contribution < -0.4 is 15.5 Å². The molecule has 3 rings (SSSR count). The molecule has 1 aromatic carbocycles. The second-order valence-electron chi connectivity index (χ2n) is 4.62. The Morgan fingerprint density at radius 1 is 1.33 bits per heavy atom. The van der Waals surface area contributed by atoms with Crippen molar-refractivity contribution >= 4 is 17.1 Å². The van der Waals surface area contributed by atoms with E-state index in [2.05, 4.69) is 29.0 Å². The van der Waals surface area contributed by atoms with Crippen LogP contribution in [0.3, 0.4) is 0 Å². The van der Waals surface area contributed by atoms with Crippen molar-refractivity contribution in [3.63, 3.8) is 0 Å². The predicted molar refractivity (Wildman–Crippen MR) is 64.5 cm³/mol. The van der Waals surface area contributed by atoms with E-state index in [1.807, 2.05) is 6.07 Å². The highest BCUT2D eigenvalue weighted by atomic mass is 15.3. The first-order chi connectivity index (χ1) is 7.25. The fourth-order valence-electron chi connectivity index (χ4n) is 2.85. The van der Waals surface area contributed by atoms with Crippen LogP contribution in [0.4, 0.5) is 17.1 Å². The lowest BCUT2D eigenvalue weighted by molar-refractivity contribution is 0.635. The Balaban J connectivity index is 2.11. The summed E-state index contributed by atoms with van der Waals surface area (Å²) in [5.41, 5.74) is 9.38. The van der Waals surface area contributed by atoms with Crippen LogP contribution >= 0.6 is 0 Å². The first-order valence-corrected chi connectivity index (χ1v) is 5.63. The largest absolute Gasteiger partial charge is 0.399 e. The van der Waals surface area contributed by atoms with Gasteiger partial charge in [0.05, 0.1) is 11.4 Å². The molecule has 2 heterocycles. The number of rotatable bonds is 0. The molecule has 0 amide bonds. The summed E-state index contributed by atoms with van der Waals surface area (Å²) in [5, 5.41) is 0. The third-order valence-electron chi connectivity index (χ3n) is 3.58. The van der Waals surface area contributed by atoms with Gasteiger partial charge in [-0.15, -0.1) is 0 Å². The van der Waals surface area contributed by atoms with Crippen molar-refractivity contribution in [2.45, 2.75) is 18.9 Å². The van der Waals surface area contributed by atoms with Crippen LogP contribution in [0.15, 0.2) is 18.2 Å². The zero-order valence-corrected chi connectivity index (χ0v) is 9.11. The summed E-state index contributed by atoms with van der Waals surface area (Å²) in [4.78, 5) is 4.87. The highest BCUT2D eigenvalue weighted by Gasteiger charge is 2.32. The number of anilines is 3. The summed E-state index contributed by atoms with van der Waals surface area (Å²) in [6, 6.07) is 6.94. The Hall–Kier alpha value is -1.38. The summed E-state index contributed by atoms with van der Waals surface area (Å²) in [6.07, 6.45) is 2.63. The Kier molecular flexibility index (Phi) is 1.81. The first kappa shape index (κ1) is 8.89. The molecule has 3 nitrogen and oxygen atoms in total. The van der Waals surface area contributed by atoms with Gasteiger partial charge in [0.25, 0.3) is 0 Å². The summed E-state index contributed by atoms with van der Waals surface area (Å²) in [6.45, 7) is 2.34. The van der Waals surface area contributed by atoms with Gasteiger partial charge in [-0.05, 0) is 31.0 Å². The van der Waals surface area contributed by atoms with Crippen molar-refractivity contribution in [1.29, 1.82) is 0 Å². The second kappa shape index (κ2) is 3.05. The van der Waals surface area contributed by atoms with Crippen molar-refractivity contribution < 1.29 is 0 Å². The van der Waals surface area contributed by atoms with Crippen LogP contribution in [0.25, 0.3) is 0 Å². The molecule has 1 atom stereocenters. The minimum Gasteiger partial charge on any atom is -0.399 e. The minimum absolute atomic E-state index is 0.698. The van der Waals surface area contributed by atoms with E-state index in [1.165, 1.54) is 30.8 Å². The number of nitrogen functional groups attached to an aromatic ring is 1. The van der Waals surface area contributed by atoms with E-state index >= 15 is 0 Å². The molecule has 80 valence electrons. The molecule has 2 aliphatic heterocycles. The maximum Gasteiger partial charge on any atom is 0.0627 e. The number of hydrogen-bond acceptors (Lipinski definition) is 3. The van der Waals surface area contributed by atoms with E-state index < -0.39 is 0 Å². The molecule has 1 saturated heterocycles. The summed E-state index contributed by atoms with van der Waals surface area (Å²) in [7, 11) is 2.17. The standard InChI is InChI=1S/C12H17N3/c1-14-8-10-3-2-6-15(10)12-7-9(13)4-5-11(12)14/h4-5,7,10H,2-3,6,8,13H2,1H3. The molecule has 2 aliphatic rings. The summed E-state index contributed by atoms with van der Waals surface area (Å²) >= 11 is 0. The molecule has 0 aliphatic carbocycles. The number of likely N-dealkylation sites (N-methyl/N-ethyl adjacent to an activating group) is 1. The van der Waals surface area contributed by atoms with Crippen LogP contribution in [-0.2, 0) is 0 Å². The van der Waals surface area contributed by atoms with Crippen molar-refractivity contribution in [2.24, 2.45) is 0 Å². The van der Waals surface area contributed by atoms with Gasteiger partial charge in [-0.2, -0.15) is 0 Å². The van der Waals surface area contributed by atoms with E-state index in [0.717, 1.165) is 12.2 Å². The molecule has 1 unspecified atom stereocenters. The van der Waals surface area contributed by atoms with Crippen LogP contribution in [0, 0.1) is 0 Å². The van der Waals surface area contributed by atoms with E-state index in [1.54, 1.807) is 0 Å². The molecular formula is C12H17N3. The van der Waals surface area contributed by atoms with E-state index in [4.69, 9.17) is 5.73 Å². The summed E-state index contributed by atoms with van der Waals surface area (Å²) < 4.78 is 0. The molecule has 0 radical (unpaired) electrons. The van der Waals surface area contributed by atoms with Gasteiger partial charge < -0.3 is 15.5 Å². The molecule has 0 saturated carbocycles. The van der Waals surface area contributed by atoms with E-state index in [0.29, 0.717) is 6.04 Å². The zero-order valence-electron chi connectivity index (χ0n) is 9.11. The first-order valence-electron chi connectivity index (χ1n) is 5.63. The highest BCUT2D eigenvalue weighted by Crippen LogP contribution is 2.39. The third kappa shape index (κ3) is 1.26. The Labute approximate surface area is 90.5 Å². The van der Waals surface area contributed by atoms with Crippen molar-refractivity contribution in [3.8, 4) is 0 Å². The molecule has 0 spiro atoms. The highest BCUT2D eigenvalue weighted by molar-refractivity contribution is 5.77. The molecule has 1 aromatic rings. The fourth-order valence-corrected chi connectivity index (χ4v) is 2.85. The number of hydrogen-bond donors (Lipinski definition) is 1. The third-order valence-corrected chi connectivity index (χ3v) is 3.58. The molecule has 3 heteroatoms. The van der Waals surface area contributed by atoms with Gasteiger partial charge in [0.2, 0.25) is 0 Å². The Bertz CT molecular complexity index is 388. The average molecular weight is 203 g/mol. The van der Waals surface area contributed by atoms with Gasteiger partial charge in [-0.3, -0.25) is 0 Å². The smallest absolute Gasteiger partial charge is 0.0627 e. The molecule has 2 N–H and O–H groups in total. The van der Waals surface area contributed by atoms with Crippen LogP contribution in [0.1, 0.15) is 12.8 Å². The maximum atomic E-state index is 5.86.